The Labute approximate surface area is 128 Å². The van der Waals surface area contributed by atoms with E-state index in [-0.39, 0.29) is 41.8 Å². The minimum absolute atomic E-state index is 0. The molecule has 0 spiro atoms. The average molecular weight is 324 g/mol. The molecule has 3 N–H and O–H groups in total. The highest BCUT2D eigenvalue weighted by atomic mass is 35.5. The van der Waals surface area contributed by atoms with Crippen molar-refractivity contribution in [3.8, 4) is 17.2 Å². The topological polar surface area (TPSA) is 91.0 Å². The summed E-state index contributed by atoms with van der Waals surface area (Å²) in [5, 5.41) is 9.51. The standard InChI is InChI=1S/C13H18FNO5.ClH/c1-4-20-13(17)11(14)12(15)10-8(18-2)5-7(16)6-9(10)19-3;/h5-6,11-12,16H,4,15H2,1-3H3;1H/t11?,12-;/m1./s1. The predicted octanol–water partition coefficient (Wildman–Crippen LogP) is 1.73. The molecule has 1 aromatic carbocycles. The number of benzene rings is 1. The first-order chi connectivity index (χ1) is 9.46. The highest BCUT2D eigenvalue weighted by Crippen LogP contribution is 2.38. The van der Waals surface area contributed by atoms with Crippen molar-refractivity contribution in [1.82, 2.24) is 0 Å². The highest BCUT2D eigenvalue weighted by Gasteiger charge is 2.32. The SMILES string of the molecule is CCOC(=O)C(F)[C@H](N)c1c(OC)cc(O)cc1OC.Cl. The molecule has 1 aromatic rings. The number of methoxy groups -OCH3 is 2. The number of nitrogens with two attached hydrogens (primary N) is 1. The average Bonchev–Trinajstić information content (AvgIpc) is 2.44. The van der Waals surface area contributed by atoms with Crippen molar-refractivity contribution in [3.05, 3.63) is 17.7 Å². The van der Waals surface area contributed by atoms with Gasteiger partial charge in [-0.25, -0.2) is 9.18 Å². The molecule has 1 rings (SSSR count). The molecule has 0 saturated heterocycles. The first-order valence-electron chi connectivity index (χ1n) is 5.97. The molecule has 0 fully saturated rings. The molecule has 0 amide bonds. The molecule has 0 saturated carbocycles. The summed E-state index contributed by atoms with van der Waals surface area (Å²) in [6.07, 6.45) is -2.07. The van der Waals surface area contributed by atoms with Crippen LogP contribution in [0.4, 0.5) is 4.39 Å². The summed E-state index contributed by atoms with van der Waals surface area (Å²) in [7, 11) is 2.67. The number of hydrogen-bond donors (Lipinski definition) is 2. The molecule has 0 aromatic heterocycles. The summed E-state index contributed by atoms with van der Waals surface area (Å²) in [5.74, 6) is -0.930. The van der Waals surface area contributed by atoms with Crippen molar-refractivity contribution in [2.24, 2.45) is 5.73 Å². The van der Waals surface area contributed by atoms with Gasteiger partial charge in [0.25, 0.3) is 0 Å². The van der Waals surface area contributed by atoms with E-state index in [0.29, 0.717) is 0 Å². The molecule has 0 aliphatic heterocycles. The Bertz CT molecular complexity index is 461. The van der Waals surface area contributed by atoms with Crippen molar-refractivity contribution in [1.29, 1.82) is 0 Å². The molecule has 120 valence electrons. The minimum Gasteiger partial charge on any atom is -0.508 e. The Balaban J connectivity index is 0.00000400. The van der Waals surface area contributed by atoms with Crippen LogP contribution in [0.15, 0.2) is 12.1 Å². The zero-order valence-electron chi connectivity index (χ0n) is 12.0. The number of esters is 1. The zero-order valence-corrected chi connectivity index (χ0v) is 12.8. The lowest BCUT2D eigenvalue weighted by Crippen LogP contribution is -2.32. The molecule has 0 heterocycles. The normalized spacial score (nSPS) is 12.8. The summed E-state index contributed by atoms with van der Waals surface area (Å²) < 4.78 is 28.7. The van der Waals surface area contributed by atoms with Gasteiger partial charge in [0.05, 0.1) is 32.4 Å². The van der Waals surface area contributed by atoms with Gasteiger partial charge in [-0.3, -0.25) is 0 Å². The Hall–Kier alpha value is -1.73. The first-order valence-corrected chi connectivity index (χ1v) is 5.97. The van der Waals surface area contributed by atoms with Crippen LogP contribution in [-0.4, -0.2) is 38.1 Å². The van der Waals surface area contributed by atoms with E-state index in [2.05, 4.69) is 4.74 Å². The van der Waals surface area contributed by atoms with Crippen LogP contribution < -0.4 is 15.2 Å². The Morgan fingerprint density at radius 1 is 1.33 bits per heavy atom. The Morgan fingerprint density at radius 2 is 1.81 bits per heavy atom. The molecule has 0 bridgehead atoms. The number of aromatic hydroxyl groups is 1. The van der Waals surface area contributed by atoms with Gasteiger partial charge in [0, 0.05) is 12.1 Å². The maximum absolute atomic E-state index is 14.0. The summed E-state index contributed by atoms with van der Waals surface area (Å²) in [5.41, 5.74) is 5.90. The van der Waals surface area contributed by atoms with Gasteiger partial charge in [0.2, 0.25) is 6.17 Å². The van der Waals surface area contributed by atoms with E-state index >= 15 is 0 Å². The molecule has 2 atom stereocenters. The van der Waals surface area contributed by atoms with Crippen molar-refractivity contribution in [2.45, 2.75) is 19.1 Å². The number of halogens is 2. The second-order valence-electron chi connectivity index (χ2n) is 3.94. The summed E-state index contributed by atoms with van der Waals surface area (Å²) >= 11 is 0. The van der Waals surface area contributed by atoms with Gasteiger partial charge in [-0.15, -0.1) is 12.4 Å². The molecule has 0 aliphatic carbocycles. The van der Waals surface area contributed by atoms with Gasteiger partial charge in [-0.2, -0.15) is 0 Å². The van der Waals surface area contributed by atoms with E-state index in [4.69, 9.17) is 15.2 Å². The van der Waals surface area contributed by atoms with Crippen LogP contribution in [0.1, 0.15) is 18.5 Å². The molecule has 0 aliphatic rings. The maximum Gasteiger partial charge on any atom is 0.342 e. The second-order valence-corrected chi connectivity index (χ2v) is 3.94. The number of carbonyl (C=O) groups is 1. The predicted molar refractivity (Wildman–Crippen MR) is 76.9 cm³/mol. The molecule has 1 unspecified atom stereocenters. The van der Waals surface area contributed by atoms with Crippen LogP contribution >= 0.6 is 12.4 Å². The van der Waals surface area contributed by atoms with Crippen molar-refractivity contribution < 1.29 is 28.5 Å². The highest BCUT2D eigenvalue weighted by molar-refractivity contribution is 5.85. The van der Waals surface area contributed by atoms with Crippen molar-refractivity contribution in [2.75, 3.05) is 20.8 Å². The molecule has 21 heavy (non-hydrogen) atoms. The third-order valence-electron chi connectivity index (χ3n) is 2.69. The molecule has 8 heteroatoms. The van der Waals surface area contributed by atoms with Gasteiger partial charge >= 0.3 is 5.97 Å². The smallest absolute Gasteiger partial charge is 0.342 e. The van der Waals surface area contributed by atoms with Crippen LogP contribution in [0.3, 0.4) is 0 Å². The van der Waals surface area contributed by atoms with Crippen LogP contribution in [0.5, 0.6) is 17.2 Å². The fourth-order valence-electron chi connectivity index (χ4n) is 1.77. The minimum atomic E-state index is -2.07. The van der Waals surface area contributed by atoms with E-state index in [1.165, 1.54) is 26.4 Å². The third-order valence-corrected chi connectivity index (χ3v) is 2.69. The number of alkyl halides is 1. The van der Waals surface area contributed by atoms with Gasteiger partial charge < -0.3 is 25.1 Å². The first kappa shape index (κ1) is 19.3. The van der Waals surface area contributed by atoms with Crippen molar-refractivity contribution in [3.63, 3.8) is 0 Å². The van der Waals surface area contributed by atoms with Crippen LogP contribution in [0, 0.1) is 0 Å². The van der Waals surface area contributed by atoms with Gasteiger partial charge in [0.1, 0.15) is 17.2 Å². The van der Waals surface area contributed by atoms with Crippen LogP contribution in [-0.2, 0) is 9.53 Å². The van der Waals surface area contributed by atoms with Gasteiger partial charge in [-0.05, 0) is 6.92 Å². The molecule has 0 radical (unpaired) electrons. The number of phenolic OH excluding ortho intramolecular Hbond substituents is 1. The molecule has 6 nitrogen and oxygen atoms in total. The second kappa shape index (κ2) is 8.53. The number of rotatable bonds is 6. The fraction of sp³-hybridized carbons (Fsp3) is 0.462. The van der Waals surface area contributed by atoms with E-state index < -0.39 is 18.2 Å². The lowest BCUT2D eigenvalue weighted by atomic mass is 10.0. The Kier molecular flexibility index (Phi) is 7.83. The maximum atomic E-state index is 14.0. The number of hydrogen-bond acceptors (Lipinski definition) is 6. The summed E-state index contributed by atoms with van der Waals surface area (Å²) in [4.78, 5) is 11.4. The van der Waals surface area contributed by atoms with E-state index in [9.17, 15) is 14.3 Å². The fourth-order valence-corrected chi connectivity index (χ4v) is 1.77. The van der Waals surface area contributed by atoms with Gasteiger partial charge in [-0.1, -0.05) is 0 Å². The number of phenols is 1. The molecular formula is C13H19ClFNO5. The summed E-state index contributed by atoms with van der Waals surface area (Å²) in [6, 6.07) is 1.19. The van der Waals surface area contributed by atoms with E-state index in [0.717, 1.165) is 0 Å². The summed E-state index contributed by atoms with van der Waals surface area (Å²) in [6.45, 7) is 1.62. The molecular weight excluding hydrogens is 305 g/mol. The zero-order chi connectivity index (χ0) is 15.3. The van der Waals surface area contributed by atoms with E-state index in [1.807, 2.05) is 0 Å². The van der Waals surface area contributed by atoms with Crippen molar-refractivity contribution >= 4 is 18.4 Å². The third kappa shape index (κ3) is 4.37. The number of ether oxygens (including phenoxy) is 3. The number of carbonyl (C=O) groups excluding carboxylic acids is 1. The largest absolute Gasteiger partial charge is 0.508 e. The monoisotopic (exact) mass is 323 g/mol. The quantitative estimate of drug-likeness (QED) is 0.775. The Morgan fingerprint density at radius 3 is 2.19 bits per heavy atom. The van der Waals surface area contributed by atoms with Crippen LogP contribution in [0.2, 0.25) is 0 Å². The van der Waals surface area contributed by atoms with Crippen LogP contribution in [0.25, 0.3) is 0 Å². The van der Waals surface area contributed by atoms with Gasteiger partial charge in [0.15, 0.2) is 0 Å². The lowest BCUT2D eigenvalue weighted by molar-refractivity contribution is -0.149. The van der Waals surface area contributed by atoms with E-state index in [1.54, 1.807) is 6.92 Å². The lowest BCUT2D eigenvalue weighted by Gasteiger charge is -2.21.